The summed E-state index contributed by atoms with van der Waals surface area (Å²) in [6.45, 7) is 2.01. The molecule has 3 aromatic heterocycles. The van der Waals surface area contributed by atoms with E-state index in [-0.39, 0.29) is 24.4 Å². The largest absolute Gasteiger partial charge is 0.421 e. The van der Waals surface area contributed by atoms with E-state index in [1.165, 1.54) is 11.3 Å². The number of hydrogen-bond donors (Lipinski definition) is 3. The molecule has 1 unspecified atom stereocenters. The molecule has 0 saturated heterocycles. The van der Waals surface area contributed by atoms with Crippen LogP contribution in [-0.2, 0) is 23.9 Å². The van der Waals surface area contributed by atoms with Gasteiger partial charge in [0.25, 0.3) is 0 Å². The maximum Gasteiger partial charge on any atom is 0.421 e. The van der Waals surface area contributed by atoms with Crippen LogP contribution in [0.3, 0.4) is 0 Å². The normalized spacial score (nSPS) is 15.3. The van der Waals surface area contributed by atoms with E-state index >= 15 is 0 Å². The van der Waals surface area contributed by atoms with Gasteiger partial charge >= 0.3 is 6.18 Å². The van der Waals surface area contributed by atoms with E-state index < -0.39 is 11.7 Å². The van der Waals surface area contributed by atoms with Crippen LogP contribution in [0.2, 0.25) is 0 Å². The molecule has 8 nitrogen and oxygen atoms in total. The molecule has 3 N–H and O–H groups in total. The molecule has 0 aliphatic carbocycles. The summed E-state index contributed by atoms with van der Waals surface area (Å²) in [5, 5.41) is 10.7. The Bertz CT molecular complexity index is 1350. The minimum Gasteiger partial charge on any atom is -0.375 e. The number of anilines is 4. The van der Waals surface area contributed by atoms with Gasteiger partial charge in [-0.3, -0.25) is 4.40 Å². The van der Waals surface area contributed by atoms with E-state index in [1.807, 2.05) is 22.8 Å². The van der Waals surface area contributed by atoms with Gasteiger partial charge < -0.3 is 20.7 Å². The molecule has 1 atom stereocenters. The van der Waals surface area contributed by atoms with Crippen LogP contribution in [0.5, 0.6) is 0 Å². The summed E-state index contributed by atoms with van der Waals surface area (Å²) in [5.41, 5.74) is 3.03. The maximum atomic E-state index is 13.5. The molecule has 0 fully saturated rings. The summed E-state index contributed by atoms with van der Waals surface area (Å²) < 4.78 is 42.5. The molecular formula is C21H18F3N7OS. The number of carbonyl (C=O) groups is 1. The summed E-state index contributed by atoms with van der Waals surface area (Å²) in [5.74, 6) is -0.318. The maximum absolute atomic E-state index is 13.5. The van der Waals surface area contributed by atoms with Crippen molar-refractivity contribution >= 4 is 45.7 Å². The summed E-state index contributed by atoms with van der Waals surface area (Å²) in [6.07, 6.45) is -0.696. The first-order valence-corrected chi connectivity index (χ1v) is 10.9. The third kappa shape index (κ3) is 4.21. The van der Waals surface area contributed by atoms with Crippen molar-refractivity contribution in [3.05, 3.63) is 58.5 Å². The highest BCUT2D eigenvalue weighted by Gasteiger charge is 2.35. The number of aldehydes is 1. The standard InChI is InChI=1S/C21H18F3N7OS/c1-11-10-33-20-29-15(8-31(11)20)6-25-18-16(21(22,23)24)7-26-19(30-18)28-13-2-3-17-12(4-13)5-14(9-32)27-17/h2-4,7-10,14,27H,5-6H2,1H3,(H2,25,26,28,30). The number of hydrogen-bond acceptors (Lipinski definition) is 8. The number of aromatic nitrogens is 4. The Labute approximate surface area is 189 Å². The van der Waals surface area contributed by atoms with Crippen LogP contribution in [0.4, 0.5) is 36.3 Å². The number of halogens is 3. The Hall–Kier alpha value is -3.67. The van der Waals surface area contributed by atoms with Crippen molar-refractivity contribution in [2.45, 2.75) is 32.1 Å². The number of benzene rings is 1. The number of aryl methyl sites for hydroxylation is 1. The average molecular weight is 473 g/mol. The van der Waals surface area contributed by atoms with Gasteiger partial charge in [-0.25, -0.2) is 9.97 Å². The van der Waals surface area contributed by atoms with Crippen LogP contribution in [0.15, 0.2) is 36.0 Å². The molecule has 4 aromatic rings. The molecule has 1 aliphatic rings. The predicted octanol–water partition coefficient (Wildman–Crippen LogP) is 4.40. The van der Waals surface area contributed by atoms with E-state index in [0.717, 1.165) is 34.4 Å². The van der Waals surface area contributed by atoms with Crippen LogP contribution in [0, 0.1) is 6.92 Å². The van der Waals surface area contributed by atoms with E-state index in [9.17, 15) is 18.0 Å². The summed E-state index contributed by atoms with van der Waals surface area (Å²) in [7, 11) is 0. The highest BCUT2D eigenvalue weighted by molar-refractivity contribution is 7.15. The summed E-state index contributed by atoms with van der Waals surface area (Å²) in [6, 6.07) is 5.08. The molecule has 0 amide bonds. The Balaban J connectivity index is 1.38. The summed E-state index contributed by atoms with van der Waals surface area (Å²) in [4.78, 5) is 24.1. The van der Waals surface area contributed by atoms with E-state index in [0.29, 0.717) is 17.8 Å². The molecule has 1 aliphatic heterocycles. The van der Waals surface area contributed by atoms with Crippen molar-refractivity contribution in [1.29, 1.82) is 0 Å². The number of rotatable bonds is 6. The van der Waals surface area contributed by atoms with Gasteiger partial charge in [0, 0.05) is 41.3 Å². The zero-order chi connectivity index (χ0) is 23.2. The molecule has 0 saturated carbocycles. The third-order valence-electron chi connectivity index (χ3n) is 5.28. The number of fused-ring (bicyclic) bond motifs is 2. The van der Waals surface area contributed by atoms with Gasteiger partial charge in [0.05, 0.1) is 18.3 Å². The van der Waals surface area contributed by atoms with Crippen molar-refractivity contribution in [3.8, 4) is 0 Å². The van der Waals surface area contributed by atoms with Gasteiger partial charge in [-0.05, 0) is 30.7 Å². The first kappa shape index (κ1) is 21.2. The Morgan fingerprint density at radius 2 is 2.18 bits per heavy atom. The van der Waals surface area contributed by atoms with Gasteiger partial charge in [0.2, 0.25) is 5.95 Å². The zero-order valence-electron chi connectivity index (χ0n) is 17.3. The molecule has 0 spiro atoms. The van der Waals surface area contributed by atoms with Crippen molar-refractivity contribution in [2.75, 3.05) is 16.0 Å². The molecule has 4 heterocycles. The van der Waals surface area contributed by atoms with Crippen molar-refractivity contribution in [3.63, 3.8) is 0 Å². The lowest BCUT2D eigenvalue weighted by atomic mass is 10.1. The molecular weight excluding hydrogens is 455 g/mol. The minimum absolute atomic E-state index is 0.0185. The quantitative estimate of drug-likeness (QED) is 0.357. The molecule has 1 aromatic carbocycles. The number of imidazole rings is 1. The molecule has 12 heteroatoms. The Morgan fingerprint density at radius 1 is 1.33 bits per heavy atom. The predicted molar refractivity (Wildman–Crippen MR) is 119 cm³/mol. The highest BCUT2D eigenvalue weighted by atomic mass is 32.1. The second kappa shape index (κ2) is 8.03. The molecule has 0 radical (unpaired) electrons. The lowest BCUT2D eigenvalue weighted by Crippen LogP contribution is -2.15. The summed E-state index contributed by atoms with van der Waals surface area (Å²) >= 11 is 1.46. The molecule has 33 heavy (non-hydrogen) atoms. The monoisotopic (exact) mass is 473 g/mol. The number of nitrogens with zero attached hydrogens (tertiary/aromatic N) is 4. The van der Waals surface area contributed by atoms with Crippen molar-refractivity contribution < 1.29 is 18.0 Å². The van der Waals surface area contributed by atoms with Gasteiger partial charge in [0.15, 0.2) is 4.96 Å². The second-order valence-corrected chi connectivity index (χ2v) is 8.49. The van der Waals surface area contributed by atoms with Gasteiger partial charge in [-0.2, -0.15) is 18.2 Å². The van der Waals surface area contributed by atoms with Crippen molar-refractivity contribution in [2.24, 2.45) is 0 Å². The fraction of sp³-hybridized carbons (Fsp3) is 0.238. The molecule has 0 bridgehead atoms. The number of alkyl halides is 3. The van der Waals surface area contributed by atoms with Gasteiger partial charge in [-0.1, -0.05) is 0 Å². The van der Waals surface area contributed by atoms with Crippen LogP contribution in [-0.4, -0.2) is 31.7 Å². The van der Waals surface area contributed by atoms with Crippen LogP contribution >= 0.6 is 11.3 Å². The van der Waals surface area contributed by atoms with Crippen LogP contribution < -0.4 is 16.0 Å². The van der Waals surface area contributed by atoms with E-state index in [4.69, 9.17) is 0 Å². The zero-order valence-corrected chi connectivity index (χ0v) is 18.1. The smallest absolute Gasteiger partial charge is 0.375 e. The van der Waals surface area contributed by atoms with Crippen LogP contribution in [0.1, 0.15) is 22.5 Å². The van der Waals surface area contributed by atoms with Gasteiger partial charge in [0.1, 0.15) is 17.7 Å². The third-order valence-corrected chi connectivity index (χ3v) is 6.23. The first-order valence-electron chi connectivity index (χ1n) is 10.0. The number of nitrogens with one attached hydrogen (secondary N) is 3. The van der Waals surface area contributed by atoms with Crippen molar-refractivity contribution in [1.82, 2.24) is 19.4 Å². The lowest BCUT2D eigenvalue weighted by Gasteiger charge is -2.14. The second-order valence-electron chi connectivity index (χ2n) is 7.66. The van der Waals surface area contributed by atoms with E-state index in [2.05, 4.69) is 30.9 Å². The Morgan fingerprint density at radius 3 is 2.94 bits per heavy atom. The first-order chi connectivity index (χ1) is 15.8. The average Bonchev–Trinajstić information content (AvgIpc) is 3.46. The molecule has 5 rings (SSSR count). The van der Waals surface area contributed by atoms with Crippen LogP contribution in [0.25, 0.3) is 4.96 Å². The minimum atomic E-state index is -4.62. The number of carbonyl (C=O) groups excluding carboxylic acids is 1. The topological polar surface area (TPSA) is 96.2 Å². The molecule has 170 valence electrons. The fourth-order valence-electron chi connectivity index (χ4n) is 3.66. The number of thiazole rings is 1. The van der Waals surface area contributed by atoms with Gasteiger partial charge in [-0.15, -0.1) is 11.3 Å². The lowest BCUT2D eigenvalue weighted by molar-refractivity contribution is -0.137. The van der Waals surface area contributed by atoms with E-state index in [1.54, 1.807) is 18.3 Å². The SMILES string of the molecule is Cc1csc2nc(CNc3nc(Nc4ccc5c(c4)CC(C=O)N5)ncc3C(F)(F)F)cn12. The highest BCUT2D eigenvalue weighted by Crippen LogP contribution is 2.35. The fourth-order valence-corrected chi connectivity index (χ4v) is 4.53. The Kier molecular flexibility index (Phi) is 5.16.